The van der Waals surface area contributed by atoms with Gasteiger partial charge in [-0.2, -0.15) is 0 Å². The average Bonchev–Trinajstić information content (AvgIpc) is 2.53. The summed E-state index contributed by atoms with van der Waals surface area (Å²) >= 11 is 6.02. The fraction of sp³-hybridized carbons (Fsp3) is 0.278. The standard InChI is InChI=1S/C18H19ClO4/c1-3-23-14-6-4-5-12(9-14)10-16(18(20)21)15-11-13(19)7-8-17(15)22-2/h4-9,11,16H,3,10H2,1-2H3,(H,20,21). The van der Waals surface area contributed by atoms with Crippen LogP contribution >= 0.6 is 11.6 Å². The third-order valence-electron chi connectivity index (χ3n) is 3.51. The van der Waals surface area contributed by atoms with E-state index in [2.05, 4.69) is 0 Å². The molecule has 4 nitrogen and oxygen atoms in total. The Morgan fingerprint density at radius 3 is 2.70 bits per heavy atom. The Labute approximate surface area is 140 Å². The molecule has 0 saturated carbocycles. The molecule has 122 valence electrons. The monoisotopic (exact) mass is 334 g/mol. The minimum atomic E-state index is -0.924. The molecular formula is C18H19ClO4. The zero-order valence-corrected chi connectivity index (χ0v) is 13.8. The smallest absolute Gasteiger partial charge is 0.311 e. The second-order valence-electron chi connectivity index (χ2n) is 5.06. The van der Waals surface area contributed by atoms with Gasteiger partial charge in [0.2, 0.25) is 0 Å². The molecule has 0 aliphatic heterocycles. The van der Waals surface area contributed by atoms with Crippen molar-refractivity contribution in [3.05, 3.63) is 58.6 Å². The number of aliphatic carboxylic acids is 1. The molecule has 23 heavy (non-hydrogen) atoms. The Kier molecular flexibility index (Phi) is 5.88. The van der Waals surface area contributed by atoms with Gasteiger partial charge < -0.3 is 14.6 Å². The number of benzene rings is 2. The van der Waals surface area contributed by atoms with Crippen LogP contribution in [0.2, 0.25) is 5.02 Å². The number of rotatable bonds is 7. The lowest BCUT2D eigenvalue weighted by molar-refractivity contribution is -0.138. The van der Waals surface area contributed by atoms with Crippen molar-refractivity contribution >= 4 is 17.6 Å². The largest absolute Gasteiger partial charge is 0.496 e. The molecule has 0 aliphatic rings. The van der Waals surface area contributed by atoms with Crippen LogP contribution in [0.4, 0.5) is 0 Å². The lowest BCUT2D eigenvalue weighted by atomic mass is 9.91. The molecule has 0 bridgehead atoms. The fourth-order valence-corrected chi connectivity index (χ4v) is 2.65. The summed E-state index contributed by atoms with van der Waals surface area (Å²) in [5.41, 5.74) is 1.44. The topological polar surface area (TPSA) is 55.8 Å². The van der Waals surface area contributed by atoms with E-state index >= 15 is 0 Å². The van der Waals surface area contributed by atoms with E-state index in [1.165, 1.54) is 7.11 Å². The summed E-state index contributed by atoms with van der Waals surface area (Å²) in [5.74, 6) is -0.428. The molecule has 0 spiro atoms. The predicted octanol–water partition coefficient (Wildman–Crippen LogP) is 4.16. The Morgan fingerprint density at radius 2 is 2.04 bits per heavy atom. The minimum Gasteiger partial charge on any atom is -0.496 e. The average molecular weight is 335 g/mol. The zero-order chi connectivity index (χ0) is 16.8. The van der Waals surface area contributed by atoms with Crippen molar-refractivity contribution in [1.82, 2.24) is 0 Å². The van der Waals surface area contributed by atoms with Gasteiger partial charge in [-0.3, -0.25) is 4.79 Å². The number of hydrogen-bond donors (Lipinski definition) is 1. The summed E-state index contributed by atoms with van der Waals surface area (Å²) < 4.78 is 10.7. The van der Waals surface area contributed by atoms with Crippen LogP contribution in [0.25, 0.3) is 0 Å². The SMILES string of the molecule is CCOc1cccc(CC(C(=O)O)c2cc(Cl)ccc2OC)c1. The van der Waals surface area contributed by atoms with Gasteiger partial charge in [0, 0.05) is 10.6 Å². The molecule has 2 aromatic carbocycles. The second-order valence-corrected chi connectivity index (χ2v) is 5.50. The number of carboxylic acids is 1. The number of halogens is 1. The van der Waals surface area contributed by atoms with Crippen molar-refractivity contribution < 1.29 is 19.4 Å². The van der Waals surface area contributed by atoms with Gasteiger partial charge in [-0.1, -0.05) is 23.7 Å². The van der Waals surface area contributed by atoms with Crippen molar-refractivity contribution in [3.63, 3.8) is 0 Å². The maximum Gasteiger partial charge on any atom is 0.311 e. The first-order valence-corrected chi connectivity index (χ1v) is 7.71. The molecule has 2 rings (SSSR count). The quantitative estimate of drug-likeness (QED) is 0.826. The molecule has 2 aromatic rings. The molecule has 1 N–H and O–H groups in total. The highest BCUT2D eigenvalue weighted by atomic mass is 35.5. The van der Waals surface area contributed by atoms with Gasteiger partial charge in [-0.15, -0.1) is 0 Å². The fourth-order valence-electron chi connectivity index (χ4n) is 2.47. The first-order chi connectivity index (χ1) is 11.0. The predicted molar refractivity (Wildman–Crippen MR) is 89.7 cm³/mol. The van der Waals surface area contributed by atoms with Crippen molar-refractivity contribution in [2.45, 2.75) is 19.3 Å². The van der Waals surface area contributed by atoms with Crippen LogP contribution in [0.3, 0.4) is 0 Å². The number of ether oxygens (including phenoxy) is 2. The molecule has 1 atom stereocenters. The number of methoxy groups -OCH3 is 1. The molecule has 0 fully saturated rings. The van der Waals surface area contributed by atoms with Gasteiger partial charge in [0.05, 0.1) is 19.6 Å². The van der Waals surface area contributed by atoms with Crippen LogP contribution in [0.1, 0.15) is 24.0 Å². The summed E-state index contributed by atoms with van der Waals surface area (Å²) in [7, 11) is 1.52. The van der Waals surface area contributed by atoms with Crippen LogP contribution < -0.4 is 9.47 Å². The van der Waals surface area contributed by atoms with E-state index in [0.717, 1.165) is 11.3 Å². The third kappa shape index (κ3) is 4.39. The summed E-state index contributed by atoms with van der Waals surface area (Å²) in [6.07, 6.45) is 0.326. The molecule has 0 radical (unpaired) electrons. The lowest BCUT2D eigenvalue weighted by Gasteiger charge is -2.17. The van der Waals surface area contributed by atoms with Gasteiger partial charge >= 0.3 is 5.97 Å². The first kappa shape index (κ1) is 17.2. The van der Waals surface area contributed by atoms with Gasteiger partial charge in [0.15, 0.2) is 0 Å². The highest BCUT2D eigenvalue weighted by Gasteiger charge is 2.24. The Hall–Kier alpha value is -2.20. The molecule has 5 heteroatoms. The maximum absolute atomic E-state index is 11.8. The second kappa shape index (κ2) is 7.88. The maximum atomic E-state index is 11.8. The molecule has 1 unspecified atom stereocenters. The van der Waals surface area contributed by atoms with Gasteiger partial charge in [0.1, 0.15) is 11.5 Å². The Morgan fingerprint density at radius 1 is 1.26 bits per heavy atom. The van der Waals surface area contributed by atoms with Crippen molar-refractivity contribution in [1.29, 1.82) is 0 Å². The highest BCUT2D eigenvalue weighted by Crippen LogP contribution is 2.32. The molecular weight excluding hydrogens is 316 g/mol. The van der Waals surface area contributed by atoms with E-state index in [4.69, 9.17) is 21.1 Å². The molecule has 0 aliphatic carbocycles. The van der Waals surface area contributed by atoms with E-state index in [1.54, 1.807) is 18.2 Å². The summed E-state index contributed by atoms with van der Waals surface area (Å²) in [4.78, 5) is 11.8. The summed E-state index contributed by atoms with van der Waals surface area (Å²) in [5, 5.41) is 10.1. The van der Waals surface area contributed by atoms with E-state index in [0.29, 0.717) is 29.4 Å². The highest BCUT2D eigenvalue weighted by molar-refractivity contribution is 6.30. The Balaban J connectivity index is 2.35. The lowest BCUT2D eigenvalue weighted by Crippen LogP contribution is -2.15. The first-order valence-electron chi connectivity index (χ1n) is 7.33. The normalized spacial score (nSPS) is 11.8. The van der Waals surface area contributed by atoms with Gasteiger partial charge in [-0.05, 0) is 49.2 Å². The van der Waals surface area contributed by atoms with Crippen LogP contribution in [-0.4, -0.2) is 24.8 Å². The van der Waals surface area contributed by atoms with Crippen LogP contribution in [0.15, 0.2) is 42.5 Å². The van der Waals surface area contributed by atoms with Gasteiger partial charge in [0.25, 0.3) is 0 Å². The molecule has 0 saturated heterocycles. The van der Waals surface area contributed by atoms with Crippen LogP contribution in [-0.2, 0) is 11.2 Å². The van der Waals surface area contributed by atoms with E-state index in [-0.39, 0.29) is 0 Å². The minimum absolute atomic E-state index is 0.326. The third-order valence-corrected chi connectivity index (χ3v) is 3.75. The van der Waals surface area contributed by atoms with E-state index < -0.39 is 11.9 Å². The number of hydrogen-bond acceptors (Lipinski definition) is 3. The number of carboxylic acid groups (broad SMARTS) is 1. The van der Waals surface area contributed by atoms with Crippen LogP contribution in [0.5, 0.6) is 11.5 Å². The van der Waals surface area contributed by atoms with Gasteiger partial charge in [-0.25, -0.2) is 0 Å². The van der Waals surface area contributed by atoms with Crippen molar-refractivity contribution in [2.24, 2.45) is 0 Å². The zero-order valence-electron chi connectivity index (χ0n) is 13.1. The Bertz CT molecular complexity index is 684. The van der Waals surface area contributed by atoms with Crippen molar-refractivity contribution in [3.8, 4) is 11.5 Å². The molecule has 0 aromatic heterocycles. The molecule has 0 heterocycles. The van der Waals surface area contributed by atoms with Crippen molar-refractivity contribution in [2.75, 3.05) is 13.7 Å². The molecule has 0 amide bonds. The number of carbonyl (C=O) groups is 1. The van der Waals surface area contributed by atoms with E-state index in [9.17, 15) is 9.90 Å². The summed E-state index contributed by atoms with van der Waals surface area (Å²) in [6, 6.07) is 12.5. The van der Waals surface area contributed by atoms with Crippen LogP contribution in [0, 0.1) is 0 Å². The van der Waals surface area contributed by atoms with E-state index in [1.807, 2.05) is 31.2 Å². The summed E-state index contributed by atoms with van der Waals surface area (Å²) in [6.45, 7) is 2.47.